The molecule has 1 amide bonds. The first-order valence-electron chi connectivity index (χ1n) is 12.0. The first-order valence-corrected chi connectivity index (χ1v) is 13.5. The van der Waals surface area contributed by atoms with E-state index in [0.717, 1.165) is 0 Å². The van der Waals surface area contributed by atoms with E-state index in [1.165, 1.54) is 36.4 Å². The number of sulfonamides is 1. The molecule has 3 rings (SSSR count). The fourth-order valence-corrected chi connectivity index (χ4v) is 4.21. The standard InChI is InChI=1S/C27H32FN3O5S/c1-17(2)11-12-35-27-23(26(32)31-37(33,34)25-8-6-7-19(5)29-25)9-10-24(30-27)20-13-21(28)15-22(14-20)36-16-18(3)4/h6-10,13-15,17-18H,11-12,16H2,1-5H3,(H,31,32). The number of halogens is 1. The summed E-state index contributed by atoms with van der Waals surface area (Å²) in [6, 6.07) is 11.6. The summed E-state index contributed by atoms with van der Waals surface area (Å²) >= 11 is 0. The van der Waals surface area contributed by atoms with Crippen LogP contribution in [-0.2, 0) is 10.0 Å². The van der Waals surface area contributed by atoms with Crippen molar-refractivity contribution in [3.63, 3.8) is 0 Å². The van der Waals surface area contributed by atoms with Gasteiger partial charge in [0, 0.05) is 17.3 Å². The van der Waals surface area contributed by atoms with Gasteiger partial charge in [0.1, 0.15) is 17.1 Å². The van der Waals surface area contributed by atoms with Gasteiger partial charge in [-0.2, -0.15) is 8.42 Å². The van der Waals surface area contributed by atoms with Crippen molar-refractivity contribution in [2.24, 2.45) is 11.8 Å². The molecule has 0 aliphatic heterocycles. The maximum Gasteiger partial charge on any atom is 0.281 e. The predicted molar refractivity (Wildman–Crippen MR) is 139 cm³/mol. The van der Waals surface area contributed by atoms with Gasteiger partial charge in [0.2, 0.25) is 5.88 Å². The molecule has 3 aromatic rings. The normalized spacial score (nSPS) is 11.6. The summed E-state index contributed by atoms with van der Waals surface area (Å²) in [7, 11) is -4.23. The Balaban J connectivity index is 1.95. The lowest BCUT2D eigenvalue weighted by atomic mass is 10.1. The van der Waals surface area contributed by atoms with E-state index in [0.29, 0.717) is 41.6 Å². The Hall–Kier alpha value is -3.53. The number of hydrogen-bond acceptors (Lipinski definition) is 7. The van der Waals surface area contributed by atoms with E-state index in [9.17, 15) is 17.6 Å². The van der Waals surface area contributed by atoms with Gasteiger partial charge in [-0.15, -0.1) is 0 Å². The minimum atomic E-state index is -4.23. The summed E-state index contributed by atoms with van der Waals surface area (Å²) in [6.45, 7) is 10.3. The second kappa shape index (κ2) is 12.1. The number of amides is 1. The van der Waals surface area contributed by atoms with Crippen molar-refractivity contribution in [2.75, 3.05) is 13.2 Å². The lowest BCUT2D eigenvalue weighted by Crippen LogP contribution is -2.31. The van der Waals surface area contributed by atoms with Crippen molar-refractivity contribution >= 4 is 15.9 Å². The number of hydrogen-bond donors (Lipinski definition) is 1. The van der Waals surface area contributed by atoms with Crippen LogP contribution in [0.15, 0.2) is 53.6 Å². The number of rotatable bonds is 11. The van der Waals surface area contributed by atoms with Crippen molar-refractivity contribution in [2.45, 2.75) is 46.1 Å². The molecule has 1 aromatic carbocycles. The lowest BCUT2D eigenvalue weighted by Gasteiger charge is -2.14. The third-order valence-corrected chi connectivity index (χ3v) is 6.39. The monoisotopic (exact) mass is 529 g/mol. The number of benzene rings is 1. The molecular weight excluding hydrogens is 497 g/mol. The molecule has 0 bridgehead atoms. The van der Waals surface area contributed by atoms with E-state index in [2.05, 4.69) is 9.97 Å². The Morgan fingerprint density at radius 2 is 1.76 bits per heavy atom. The topological polar surface area (TPSA) is 107 Å². The molecule has 2 aromatic heterocycles. The number of pyridine rings is 2. The Bertz CT molecular complexity index is 1360. The second-order valence-corrected chi connectivity index (χ2v) is 11.1. The van der Waals surface area contributed by atoms with Crippen molar-refractivity contribution in [3.05, 3.63) is 65.6 Å². The first kappa shape index (κ1) is 28.0. The molecular formula is C27H32FN3O5S. The second-order valence-electron chi connectivity index (χ2n) is 9.51. The number of nitrogens with zero attached hydrogens (tertiary/aromatic N) is 2. The average molecular weight is 530 g/mol. The zero-order valence-corrected chi connectivity index (χ0v) is 22.4. The van der Waals surface area contributed by atoms with E-state index in [4.69, 9.17) is 9.47 Å². The summed E-state index contributed by atoms with van der Waals surface area (Å²) in [6.07, 6.45) is 0.686. The summed E-state index contributed by atoms with van der Waals surface area (Å²) in [4.78, 5) is 21.4. The van der Waals surface area contributed by atoms with E-state index in [1.807, 2.05) is 32.4 Å². The Morgan fingerprint density at radius 3 is 2.43 bits per heavy atom. The Labute approximate surface area is 217 Å². The highest BCUT2D eigenvalue weighted by molar-refractivity contribution is 7.90. The van der Waals surface area contributed by atoms with Crippen LogP contribution in [0.4, 0.5) is 4.39 Å². The third-order valence-electron chi connectivity index (χ3n) is 5.15. The van der Waals surface area contributed by atoms with Crippen molar-refractivity contribution in [1.29, 1.82) is 0 Å². The van der Waals surface area contributed by atoms with Crippen LogP contribution in [0.2, 0.25) is 0 Å². The molecule has 0 saturated carbocycles. The number of aromatic nitrogens is 2. The quantitative estimate of drug-likeness (QED) is 0.365. The Kier molecular flexibility index (Phi) is 9.20. The smallest absolute Gasteiger partial charge is 0.281 e. The van der Waals surface area contributed by atoms with Gasteiger partial charge in [-0.1, -0.05) is 33.8 Å². The fourth-order valence-electron chi connectivity index (χ4n) is 3.23. The van der Waals surface area contributed by atoms with E-state index in [1.54, 1.807) is 19.1 Å². The van der Waals surface area contributed by atoms with Crippen molar-refractivity contribution in [1.82, 2.24) is 14.7 Å². The van der Waals surface area contributed by atoms with E-state index >= 15 is 0 Å². The third kappa shape index (κ3) is 7.98. The molecule has 1 N–H and O–H groups in total. The number of carbonyl (C=O) groups is 1. The molecule has 10 heteroatoms. The summed E-state index contributed by atoms with van der Waals surface area (Å²) in [5, 5.41) is -0.276. The van der Waals surface area contributed by atoms with Crippen molar-refractivity contribution in [3.8, 4) is 22.9 Å². The molecule has 8 nitrogen and oxygen atoms in total. The van der Waals surface area contributed by atoms with Crippen LogP contribution in [-0.4, -0.2) is 37.5 Å². The SMILES string of the molecule is Cc1cccc(S(=O)(=O)NC(=O)c2ccc(-c3cc(F)cc(OCC(C)C)c3)nc2OCCC(C)C)n1. The highest BCUT2D eigenvalue weighted by Gasteiger charge is 2.24. The average Bonchev–Trinajstić information content (AvgIpc) is 2.82. The van der Waals surface area contributed by atoms with Gasteiger partial charge in [-0.25, -0.2) is 19.1 Å². The van der Waals surface area contributed by atoms with Gasteiger partial charge in [0.15, 0.2) is 5.03 Å². The maximum absolute atomic E-state index is 14.3. The highest BCUT2D eigenvalue weighted by atomic mass is 32.2. The zero-order valence-electron chi connectivity index (χ0n) is 21.6. The molecule has 0 atom stereocenters. The molecule has 0 spiro atoms. The molecule has 0 aliphatic carbocycles. The molecule has 37 heavy (non-hydrogen) atoms. The van der Waals surface area contributed by atoms with Gasteiger partial charge >= 0.3 is 0 Å². The van der Waals surface area contributed by atoms with Crippen LogP contribution in [0.3, 0.4) is 0 Å². The minimum absolute atomic E-state index is 0.0584. The summed E-state index contributed by atoms with van der Waals surface area (Å²) < 4.78 is 53.3. The number of ether oxygens (including phenoxy) is 2. The maximum atomic E-state index is 14.3. The van der Waals surface area contributed by atoms with Crippen LogP contribution in [0.1, 0.15) is 50.2 Å². The molecule has 0 fully saturated rings. The molecule has 0 aliphatic rings. The van der Waals surface area contributed by atoms with E-state index < -0.39 is 21.7 Å². The van der Waals surface area contributed by atoms with Gasteiger partial charge in [0.25, 0.3) is 15.9 Å². The molecule has 198 valence electrons. The lowest BCUT2D eigenvalue weighted by molar-refractivity contribution is 0.0976. The fraction of sp³-hybridized carbons (Fsp3) is 0.370. The predicted octanol–water partition coefficient (Wildman–Crippen LogP) is 5.17. The molecule has 0 unspecified atom stereocenters. The highest BCUT2D eigenvalue weighted by Crippen LogP contribution is 2.28. The van der Waals surface area contributed by atoms with Crippen LogP contribution in [0, 0.1) is 24.6 Å². The summed E-state index contributed by atoms with van der Waals surface area (Å²) in [5.74, 6) is -0.531. The van der Waals surface area contributed by atoms with Crippen LogP contribution >= 0.6 is 0 Å². The minimum Gasteiger partial charge on any atom is -0.493 e. The van der Waals surface area contributed by atoms with Gasteiger partial charge in [-0.05, 0) is 61.6 Å². The molecule has 0 saturated heterocycles. The van der Waals surface area contributed by atoms with Crippen LogP contribution < -0.4 is 14.2 Å². The summed E-state index contributed by atoms with van der Waals surface area (Å²) in [5.41, 5.74) is 1.19. The zero-order chi connectivity index (χ0) is 27.2. The molecule has 2 heterocycles. The Morgan fingerprint density at radius 1 is 1.00 bits per heavy atom. The number of nitrogens with one attached hydrogen (secondary N) is 1. The van der Waals surface area contributed by atoms with Crippen LogP contribution in [0.5, 0.6) is 11.6 Å². The largest absolute Gasteiger partial charge is 0.493 e. The van der Waals surface area contributed by atoms with Crippen molar-refractivity contribution < 1.29 is 27.1 Å². The van der Waals surface area contributed by atoms with Gasteiger partial charge < -0.3 is 9.47 Å². The van der Waals surface area contributed by atoms with Gasteiger partial charge in [-0.3, -0.25) is 4.79 Å². The number of carbonyl (C=O) groups excluding carboxylic acids is 1. The van der Waals surface area contributed by atoms with E-state index in [-0.39, 0.29) is 29.0 Å². The molecule has 0 radical (unpaired) electrons. The first-order chi connectivity index (χ1) is 17.4. The van der Waals surface area contributed by atoms with Gasteiger partial charge in [0.05, 0.1) is 18.9 Å². The number of aryl methyl sites for hydroxylation is 1. The van der Waals surface area contributed by atoms with Crippen LogP contribution in [0.25, 0.3) is 11.3 Å².